The van der Waals surface area contributed by atoms with Crippen LogP contribution >= 0.6 is 0 Å². The Bertz CT molecular complexity index is 881. The minimum atomic E-state index is -0.136. The Morgan fingerprint density at radius 2 is 1.58 bits per heavy atom. The van der Waals surface area contributed by atoms with Crippen LogP contribution in [-0.2, 0) is 0 Å². The molecule has 0 saturated carbocycles. The lowest BCUT2D eigenvalue weighted by molar-refractivity contribution is 0.102. The van der Waals surface area contributed by atoms with E-state index in [1.807, 2.05) is 67.6 Å². The molecule has 0 aliphatic rings. The van der Waals surface area contributed by atoms with E-state index in [1.165, 1.54) is 5.56 Å². The van der Waals surface area contributed by atoms with E-state index in [0.29, 0.717) is 22.9 Å². The van der Waals surface area contributed by atoms with Crippen molar-refractivity contribution in [2.75, 3.05) is 5.32 Å². The van der Waals surface area contributed by atoms with Crippen LogP contribution in [0.1, 0.15) is 41.3 Å². The van der Waals surface area contributed by atoms with Gasteiger partial charge in [-0.3, -0.25) is 4.79 Å². The largest absolute Gasteiger partial charge is 0.457 e. The van der Waals surface area contributed by atoms with Crippen LogP contribution in [-0.4, -0.2) is 5.91 Å². The molecule has 0 heterocycles. The zero-order valence-corrected chi connectivity index (χ0v) is 15.3. The van der Waals surface area contributed by atoms with Crippen molar-refractivity contribution in [2.24, 2.45) is 0 Å². The van der Waals surface area contributed by atoms with E-state index in [0.717, 1.165) is 11.3 Å². The van der Waals surface area contributed by atoms with Crippen LogP contribution in [0.4, 0.5) is 5.69 Å². The van der Waals surface area contributed by atoms with E-state index in [4.69, 9.17) is 4.74 Å². The minimum Gasteiger partial charge on any atom is -0.457 e. The highest BCUT2D eigenvalue weighted by Gasteiger charge is 2.07. The number of anilines is 1. The normalized spacial score (nSPS) is 10.6. The second kappa shape index (κ2) is 7.87. The van der Waals surface area contributed by atoms with Crippen molar-refractivity contribution in [1.29, 1.82) is 0 Å². The average Bonchev–Trinajstić information content (AvgIpc) is 2.63. The zero-order chi connectivity index (χ0) is 18.5. The number of carbonyl (C=O) groups is 1. The lowest BCUT2D eigenvalue weighted by Gasteiger charge is -2.10. The maximum absolute atomic E-state index is 12.3. The Morgan fingerprint density at radius 3 is 2.23 bits per heavy atom. The second-order valence-electron chi connectivity index (χ2n) is 6.67. The summed E-state index contributed by atoms with van der Waals surface area (Å²) in [6.45, 7) is 6.32. The lowest BCUT2D eigenvalue weighted by atomic mass is 10.0. The molecule has 0 fully saturated rings. The fraction of sp³-hybridized carbons (Fsp3) is 0.174. The van der Waals surface area contributed by atoms with Crippen molar-refractivity contribution in [3.05, 3.63) is 89.5 Å². The van der Waals surface area contributed by atoms with Gasteiger partial charge in [-0.25, -0.2) is 0 Å². The molecule has 0 radical (unpaired) electrons. The molecule has 3 rings (SSSR count). The Balaban J connectivity index is 1.69. The molecule has 3 aromatic rings. The van der Waals surface area contributed by atoms with E-state index in [1.54, 1.807) is 0 Å². The van der Waals surface area contributed by atoms with Crippen molar-refractivity contribution in [2.45, 2.75) is 26.7 Å². The van der Waals surface area contributed by atoms with Crippen molar-refractivity contribution in [3.8, 4) is 11.5 Å². The van der Waals surface area contributed by atoms with Gasteiger partial charge in [-0.1, -0.05) is 49.7 Å². The summed E-state index contributed by atoms with van der Waals surface area (Å²) in [5.41, 5.74) is 3.73. The van der Waals surface area contributed by atoms with Gasteiger partial charge >= 0.3 is 0 Å². The van der Waals surface area contributed by atoms with Gasteiger partial charge in [-0.2, -0.15) is 0 Å². The number of nitrogens with one attached hydrogen (secondary N) is 1. The van der Waals surface area contributed by atoms with Crippen molar-refractivity contribution >= 4 is 11.6 Å². The molecule has 132 valence electrons. The van der Waals surface area contributed by atoms with Crippen molar-refractivity contribution in [1.82, 2.24) is 0 Å². The summed E-state index contributed by atoms with van der Waals surface area (Å²) < 4.78 is 5.91. The number of amides is 1. The highest BCUT2D eigenvalue weighted by atomic mass is 16.5. The smallest absolute Gasteiger partial charge is 0.255 e. The van der Waals surface area contributed by atoms with E-state index in [-0.39, 0.29) is 5.91 Å². The van der Waals surface area contributed by atoms with Crippen molar-refractivity contribution in [3.63, 3.8) is 0 Å². The molecule has 0 saturated heterocycles. The number of carbonyl (C=O) groups excluding carboxylic acids is 1. The van der Waals surface area contributed by atoms with E-state index < -0.39 is 0 Å². The summed E-state index contributed by atoms with van der Waals surface area (Å²) in [7, 11) is 0. The molecule has 1 N–H and O–H groups in total. The molecule has 0 aromatic heterocycles. The molecule has 0 unspecified atom stereocenters. The highest BCUT2D eigenvalue weighted by Crippen LogP contribution is 2.26. The third-order valence-corrected chi connectivity index (χ3v) is 4.19. The quantitative estimate of drug-likeness (QED) is 0.601. The van der Waals surface area contributed by atoms with Gasteiger partial charge in [-0.05, 0) is 54.8 Å². The third kappa shape index (κ3) is 4.51. The second-order valence-corrected chi connectivity index (χ2v) is 6.67. The number of ether oxygens (including phenoxy) is 1. The number of hydrogen-bond donors (Lipinski definition) is 1. The third-order valence-electron chi connectivity index (χ3n) is 4.19. The Morgan fingerprint density at radius 1 is 0.885 bits per heavy atom. The SMILES string of the molecule is Cc1ccc(C(=O)Nc2cccc(Oc3ccc(C(C)C)cc3)c2)cc1. The van der Waals surface area contributed by atoms with E-state index >= 15 is 0 Å². The van der Waals surface area contributed by atoms with Gasteiger partial charge in [-0.15, -0.1) is 0 Å². The number of aryl methyl sites for hydroxylation is 1. The van der Waals surface area contributed by atoms with E-state index in [9.17, 15) is 4.79 Å². The fourth-order valence-electron chi connectivity index (χ4n) is 2.60. The maximum Gasteiger partial charge on any atom is 0.255 e. The summed E-state index contributed by atoms with van der Waals surface area (Å²) in [6, 6.07) is 23.0. The van der Waals surface area contributed by atoms with Crippen LogP contribution in [0.5, 0.6) is 11.5 Å². The first-order chi connectivity index (χ1) is 12.5. The van der Waals surface area contributed by atoms with Crippen LogP contribution in [0, 0.1) is 6.92 Å². The predicted octanol–water partition coefficient (Wildman–Crippen LogP) is 6.16. The number of hydrogen-bond acceptors (Lipinski definition) is 2. The summed E-state index contributed by atoms with van der Waals surface area (Å²) in [5, 5.41) is 2.91. The summed E-state index contributed by atoms with van der Waals surface area (Å²) in [5.74, 6) is 1.81. The zero-order valence-electron chi connectivity index (χ0n) is 15.3. The standard InChI is InChI=1S/C23H23NO2/c1-16(2)18-11-13-21(14-12-18)26-22-6-4-5-20(15-22)24-23(25)19-9-7-17(3)8-10-19/h4-16H,1-3H3,(H,24,25). The average molecular weight is 345 g/mol. The lowest BCUT2D eigenvalue weighted by Crippen LogP contribution is -2.11. The molecule has 3 heteroatoms. The molecule has 0 aliphatic carbocycles. The molecule has 26 heavy (non-hydrogen) atoms. The first-order valence-electron chi connectivity index (χ1n) is 8.77. The van der Waals surface area contributed by atoms with Gasteiger partial charge in [0.2, 0.25) is 0 Å². The van der Waals surface area contributed by atoms with Crippen molar-refractivity contribution < 1.29 is 9.53 Å². The van der Waals surface area contributed by atoms with Crippen LogP contribution < -0.4 is 10.1 Å². The molecule has 0 bridgehead atoms. The van der Waals surface area contributed by atoms with Crippen LogP contribution in [0.3, 0.4) is 0 Å². The van der Waals surface area contributed by atoms with Crippen LogP contribution in [0.2, 0.25) is 0 Å². The first-order valence-corrected chi connectivity index (χ1v) is 8.77. The molecule has 3 aromatic carbocycles. The molecular weight excluding hydrogens is 322 g/mol. The predicted molar refractivity (Wildman–Crippen MR) is 106 cm³/mol. The molecule has 1 amide bonds. The number of rotatable bonds is 5. The summed E-state index contributed by atoms with van der Waals surface area (Å²) in [4.78, 5) is 12.3. The minimum absolute atomic E-state index is 0.136. The van der Waals surface area contributed by atoms with Gasteiger partial charge in [0.05, 0.1) is 0 Å². The van der Waals surface area contributed by atoms with Crippen LogP contribution in [0.25, 0.3) is 0 Å². The maximum atomic E-state index is 12.3. The highest BCUT2D eigenvalue weighted by molar-refractivity contribution is 6.04. The Labute approximate surface area is 154 Å². The van der Waals surface area contributed by atoms with Gasteiger partial charge in [0.15, 0.2) is 0 Å². The fourth-order valence-corrected chi connectivity index (χ4v) is 2.60. The van der Waals surface area contributed by atoms with Gasteiger partial charge < -0.3 is 10.1 Å². The molecule has 3 nitrogen and oxygen atoms in total. The molecule has 0 atom stereocenters. The first kappa shape index (κ1) is 17.7. The summed E-state index contributed by atoms with van der Waals surface area (Å²) >= 11 is 0. The van der Waals surface area contributed by atoms with Gasteiger partial charge in [0.1, 0.15) is 11.5 Å². The molecule has 0 spiro atoms. The van der Waals surface area contributed by atoms with E-state index in [2.05, 4.69) is 31.3 Å². The Kier molecular flexibility index (Phi) is 5.37. The molecule has 0 aliphatic heterocycles. The van der Waals surface area contributed by atoms with Crippen LogP contribution in [0.15, 0.2) is 72.8 Å². The summed E-state index contributed by atoms with van der Waals surface area (Å²) in [6.07, 6.45) is 0. The monoisotopic (exact) mass is 345 g/mol. The Hall–Kier alpha value is -3.07. The van der Waals surface area contributed by atoms with Gasteiger partial charge in [0.25, 0.3) is 5.91 Å². The van der Waals surface area contributed by atoms with Gasteiger partial charge in [0, 0.05) is 17.3 Å². The number of benzene rings is 3. The topological polar surface area (TPSA) is 38.3 Å². The molecular formula is C23H23NO2.